The van der Waals surface area contributed by atoms with Crippen LogP contribution >= 0.6 is 0 Å². The second-order valence-corrected chi connectivity index (χ2v) is 3.02. The van der Waals surface area contributed by atoms with Gasteiger partial charge in [0.25, 0.3) is 0 Å². The zero-order valence-electron chi connectivity index (χ0n) is 8.29. The Labute approximate surface area is 86.7 Å². The molecule has 0 amide bonds. The van der Waals surface area contributed by atoms with E-state index in [4.69, 9.17) is 10.5 Å². The third-order valence-corrected chi connectivity index (χ3v) is 1.83. The third-order valence-electron chi connectivity index (χ3n) is 1.83. The number of hydrogen-bond donors (Lipinski definition) is 1. The molecule has 0 aliphatic carbocycles. The Balaban J connectivity index is 2.02. The van der Waals surface area contributed by atoms with Gasteiger partial charge in [-0.05, 0) is 17.3 Å². The summed E-state index contributed by atoms with van der Waals surface area (Å²) >= 11 is 0. The topological polar surface area (TPSA) is 78.8 Å². The highest BCUT2D eigenvalue weighted by atomic mass is 16.5. The molecule has 0 fully saturated rings. The Kier molecular flexibility index (Phi) is 2.49. The molecule has 6 heteroatoms. The molecule has 0 aliphatic rings. The number of nitrogens with two attached hydrogens (primary N) is 1. The lowest BCUT2D eigenvalue weighted by molar-refractivity contribution is 0.297. The number of nitrogen functional groups attached to an aromatic ring is 1. The average molecular weight is 205 g/mol. The van der Waals surface area contributed by atoms with Crippen molar-refractivity contribution in [3.63, 3.8) is 0 Å². The number of rotatable bonds is 3. The Morgan fingerprint density at radius 2 is 2.20 bits per heavy atom. The highest BCUT2D eigenvalue weighted by molar-refractivity contribution is 5.51. The minimum Gasteiger partial charge on any atom is -0.483 e. The van der Waals surface area contributed by atoms with Crippen LogP contribution in [0.5, 0.6) is 5.75 Å². The first-order valence-electron chi connectivity index (χ1n) is 4.46. The number of nitrogens with zero attached hydrogens (tertiary/aromatic N) is 4. The third kappa shape index (κ3) is 2.22. The van der Waals surface area contributed by atoms with Crippen LogP contribution in [-0.2, 0) is 13.7 Å². The first kappa shape index (κ1) is 9.45. The van der Waals surface area contributed by atoms with Gasteiger partial charge in [-0.25, -0.2) is 0 Å². The van der Waals surface area contributed by atoms with Gasteiger partial charge in [0.1, 0.15) is 5.75 Å². The van der Waals surface area contributed by atoms with Gasteiger partial charge < -0.3 is 10.5 Å². The molecule has 6 nitrogen and oxygen atoms in total. The van der Waals surface area contributed by atoms with Gasteiger partial charge in [-0.15, -0.1) is 10.2 Å². The zero-order chi connectivity index (χ0) is 10.7. The van der Waals surface area contributed by atoms with E-state index in [-0.39, 0.29) is 6.61 Å². The molecule has 0 saturated carbocycles. The fourth-order valence-corrected chi connectivity index (χ4v) is 1.14. The lowest BCUT2D eigenvalue weighted by atomic mass is 10.3. The summed E-state index contributed by atoms with van der Waals surface area (Å²) in [6, 6.07) is 7.28. The van der Waals surface area contributed by atoms with Crippen molar-refractivity contribution in [3.8, 4) is 5.75 Å². The van der Waals surface area contributed by atoms with Gasteiger partial charge in [0.05, 0.1) is 12.7 Å². The van der Waals surface area contributed by atoms with E-state index in [9.17, 15) is 0 Å². The fraction of sp³-hybridized carbons (Fsp3) is 0.222. The molecule has 2 aromatic rings. The van der Waals surface area contributed by atoms with Gasteiger partial charge in [0, 0.05) is 0 Å². The normalized spacial score (nSPS) is 10.2. The van der Waals surface area contributed by atoms with Crippen LogP contribution in [0.4, 0.5) is 5.69 Å². The summed E-state index contributed by atoms with van der Waals surface area (Å²) in [4.78, 5) is 1.38. The number of benzene rings is 1. The van der Waals surface area contributed by atoms with Crippen LogP contribution in [0, 0.1) is 0 Å². The minimum atomic E-state index is 0.266. The van der Waals surface area contributed by atoms with Crippen molar-refractivity contribution in [2.45, 2.75) is 6.61 Å². The van der Waals surface area contributed by atoms with Crippen molar-refractivity contribution in [1.29, 1.82) is 0 Å². The molecule has 0 radical (unpaired) electrons. The Morgan fingerprint density at radius 1 is 1.40 bits per heavy atom. The number of tetrazole rings is 1. The molecule has 0 aliphatic heterocycles. The fourth-order valence-electron chi connectivity index (χ4n) is 1.14. The van der Waals surface area contributed by atoms with Crippen LogP contribution in [0.15, 0.2) is 24.3 Å². The summed E-state index contributed by atoms with van der Waals surface area (Å²) < 4.78 is 5.43. The maximum absolute atomic E-state index is 5.70. The van der Waals surface area contributed by atoms with Crippen molar-refractivity contribution >= 4 is 5.69 Å². The number of anilines is 1. The molecule has 0 saturated heterocycles. The van der Waals surface area contributed by atoms with E-state index in [0.717, 1.165) is 0 Å². The first-order chi connectivity index (χ1) is 7.25. The second kappa shape index (κ2) is 3.95. The molecule has 78 valence electrons. The number of para-hydroxylation sites is 2. The van der Waals surface area contributed by atoms with E-state index < -0.39 is 0 Å². The highest BCUT2D eigenvalue weighted by Gasteiger charge is 2.03. The smallest absolute Gasteiger partial charge is 0.212 e. The molecule has 2 rings (SSSR count). The average Bonchev–Trinajstić information content (AvgIpc) is 2.63. The van der Waals surface area contributed by atoms with Crippen LogP contribution in [0.1, 0.15) is 5.82 Å². The monoisotopic (exact) mass is 205 g/mol. The number of aromatic nitrogens is 4. The van der Waals surface area contributed by atoms with E-state index in [1.54, 1.807) is 19.2 Å². The molecular weight excluding hydrogens is 194 g/mol. The maximum atomic E-state index is 5.70. The molecule has 1 heterocycles. The molecule has 2 N–H and O–H groups in total. The molecular formula is C9H11N5O. The van der Waals surface area contributed by atoms with Gasteiger partial charge in [0.2, 0.25) is 5.82 Å². The van der Waals surface area contributed by atoms with Crippen molar-refractivity contribution in [2.24, 2.45) is 7.05 Å². The van der Waals surface area contributed by atoms with E-state index in [1.807, 2.05) is 12.1 Å². The van der Waals surface area contributed by atoms with E-state index in [0.29, 0.717) is 17.3 Å². The predicted octanol–water partition coefficient (Wildman–Crippen LogP) is 0.371. The quantitative estimate of drug-likeness (QED) is 0.732. The zero-order valence-corrected chi connectivity index (χ0v) is 8.29. The molecule has 15 heavy (non-hydrogen) atoms. The maximum Gasteiger partial charge on any atom is 0.212 e. The van der Waals surface area contributed by atoms with E-state index in [2.05, 4.69) is 15.4 Å². The molecule has 1 aromatic heterocycles. The minimum absolute atomic E-state index is 0.266. The van der Waals surface area contributed by atoms with Gasteiger partial charge in [-0.2, -0.15) is 4.80 Å². The van der Waals surface area contributed by atoms with Crippen molar-refractivity contribution in [1.82, 2.24) is 20.2 Å². The predicted molar refractivity (Wildman–Crippen MR) is 54.0 cm³/mol. The number of hydrogen-bond acceptors (Lipinski definition) is 5. The van der Waals surface area contributed by atoms with Crippen LogP contribution in [0.25, 0.3) is 0 Å². The lowest BCUT2D eigenvalue weighted by Crippen LogP contribution is -2.01. The number of ether oxygens (including phenoxy) is 1. The first-order valence-corrected chi connectivity index (χ1v) is 4.46. The summed E-state index contributed by atoms with van der Waals surface area (Å²) in [7, 11) is 1.70. The standard InChI is InChI=1S/C9H11N5O/c1-14-12-9(11-13-14)6-15-8-5-3-2-4-7(8)10/h2-5H,6,10H2,1H3. The van der Waals surface area contributed by atoms with Crippen LogP contribution in [0.2, 0.25) is 0 Å². The van der Waals surface area contributed by atoms with E-state index >= 15 is 0 Å². The summed E-state index contributed by atoms with van der Waals surface area (Å²) in [6.45, 7) is 0.266. The molecule has 0 unspecified atom stereocenters. The lowest BCUT2D eigenvalue weighted by Gasteiger charge is -2.05. The van der Waals surface area contributed by atoms with Gasteiger partial charge >= 0.3 is 0 Å². The summed E-state index contributed by atoms with van der Waals surface area (Å²) in [5, 5.41) is 11.5. The molecule has 0 bridgehead atoms. The van der Waals surface area contributed by atoms with Crippen molar-refractivity contribution < 1.29 is 4.74 Å². The van der Waals surface area contributed by atoms with Crippen LogP contribution < -0.4 is 10.5 Å². The molecule has 0 spiro atoms. The van der Waals surface area contributed by atoms with Crippen molar-refractivity contribution in [3.05, 3.63) is 30.1 Å². The van der Waals surface area contributed by atoms with Crippen LogP contribution in [-0.4, -0.2) is 20.2 Å². The van der Waals surface area contributed by atoms with Crippen molar-refractivity contribution in [2.75, 3.05) is 5.73 Å². The largest absolute Gasteiger partial charge is 0.483 e. The number of aryl methyl sites for hydroxylation is 1. The highest BCUT2D eigenvalue weighted by Crippen LogP contribution is 2.20. The Hall–Kier alpha value is -2.11. The second-order valence-electron chi connectivity index (χ2n) is 3.02. The SMILES string of the molecule is Cn1nnc(COc2ccccc2N)n1. The summed E-state index contributed by atoms with van der Waals surface area (Å²) in [5.41, 5.74) is 6.30. The summed E-state index contributed by atoms with van der Waals surface area (Å²) in [6.07, 6.45) is 0. The molecule has 0 atom stereocenters. The summed E-state index contributed by atoms with van der Waals surface area (Å²) in [5.74, 6) is 1.16. The van der Waals surface area contributed by atoms with Gasteiger partial charge in [0.15, 0.2) is 6.61 Å². The van der Waals surface area contributed by atoms with Gasteiger partial charge in [-0.3, -0.25) is 0 Å². The Bertz CT molecular complexity index is 453. The molecule has 1 aromatic carbocycles. The van der Waals surface area contributed by atoms with E-state index in [1.165, 1.54) is 4.80 Å². The Morgan fingerprint density at radius 3 is 2.87 bits per heavy atom. The van der Waals surface area contributed by atoms with Gasteiger partial charge in [-0.1, -0.05) is 12.1 Å². The van der Waals surface area contributed by atoms with Crippen LogP contribution in [0.3, 0.4) is 0 Å².